The standard InChI is InChI=1S/C14H17N3O5S2/c1-9-8-23-14(15-9)7-13(18)16-17-24(19,20)12-6-10(21-2)4-5-11(12)22-3/h4-6,8,17H,7H2,1-3H3,(H,16,18). The van der Waals surface area contributed by atoms with Gasteiger partial charge >= 0.3 is 0 Å². The lowest BCUT2D eigenvalue weighted by Gasteiger charge is -2.12. The molecule has 0 unspecified atom stereocenters. The van der Waals surface area contributed by atoms with E-state index in [9.17, 15) is 13.2 Å². The lowest BCUT2D eigenvalue weighted by molar-refractivity contribution is -0.120. The van der Waals surface area contributed by atoms with Crippen LogP contribution >= 0.6 is 11.3 Å². The van der Waals surface area contributed by atoms with Crippen LogP contribution in [0.5, 0.6) is 11.5 Å². The fourth-order valence-electron chi connectivity index (χ4n) is 1.84. The van der Waals surface area contributed by atoms with Crippen LogP contribution < -0.4 is 19.7 Å². The quantitative estimate of drug-likeness (QED) is 0.704. The predicted octanol–water partition coefficient (Wildman–Crippen LogP) is 1.02. The second kappa shape index (κ2) is 7.60. The second-order valence-electron chi connectivity index (χ2n) is 4.73. The Morgan fingerprint density at radius 3 is 2.62 bits per heavy atom. The molecular formula is C14H17N3O5S2. The summed E-state index contributed by atoms with van der Waals surface area (Å²) in [6.45, 7) is 1.82. The lowest BCUT2D eigenvalue weighted by Crippen LogP contribution is -2.42. The Kier molecular flexibility index (Phi) is 5.75. The number of hydrazine groups is 1. The van der Waals surface area contributed by atoms with Crippen molar-refractivity contribution in [3.8, 4) is 11.5 Å². The highest BCUT2D eigenvalue weighted by atomic mass is 32.2. The van der Waals surface area contributed by atoms with Crippen molar-refractivity contribution in [1.82, 2.24) is 15.2 Å². The van der Waals surface area contributed by atoms with Gasteiger partial charge in [-0.25, -0.2) is 13.4 Å². The van der Waals surface area contributed by atoms with Gasteiger partial charge in [-0.1, -0.05) is 0 Å². The summed E-state index contributed by atoms with van der Waals surface area (Å²) in [6.07, 6.45) is -0.0176. The lowest BCUT2D eigenvalue weighted by atomic mass is 10.3. The van der Waals surface area contributed by atoms with Gasteiger partial charge in [-0.05, 0) is 19.1 Å². The number of benzene rings is 1. The zero-order chi connectivity index (χ0) is 17.7. The molecule has 8 nitrogen and oxygen atoms in total. The summed E-state index contributed by atoms with van der Waals surface area (Å²) in [5.74, 6) is -0.0383. The Morgan fingerprint density at radius 2 is 2.04 bits per heavy atom. The third-order valence-corrected chi connectivity index (χ3v) is 5.20. The third kappa shape index (κ3) is 4.43. The molecule has 0 radical (unpaired) electrons. The number of carbonyl (C=O) groups is 1. The first-order valence-corrected chi connectivity index (χ1v) is 9.15. The molecule has 0 atom stereocenters. The number of amides is 1. The number of nitrogens with zero attached hydrogens (tertiary/aromatic N) is 1. The Labute approximate surface area is 143 Å². The molecule has 2 N–H and O–H groups in total. The van der Waals surface area contributed by atoms with Crippen LogP contribution in [-0.2, 0) is 21.2 Å². The molecule has 0 saturated heterocycles. The van der Waals surface area contributed by atoms with Crippen LogP contribution in [0.4, 0.5) is 0 Å². The van der Waals surface area contributed by atoms with E-state index in [0.29, 0.717) is 10.8 Å². The van der Waals surface area contributed by atoms with Crippen molar-refractivity contribution in [3.63, 3.8) is 0 Å². The van der Waals surface area contributed by atoms with Crippen LogP contribution in [-0.4, -0.2) is 33.5 Å². The van der Waals surface area contributed by atoms with Crippen molar-refractivity contribution in [2.75, 3.05) is 14.2 Å². The summed E-state index contributed by atoms with van der Waals surface area (Å²) in [4.78, 5) is 17.9. The number of aromatic nitrogens is 1. The molecule has 24 heavy (non-hydrogen) atoms. The molecule has 1 aromatic carbocycles. The molecule has 0 aliphatic heterocycles. The van der Waals surface area contributed by atoms with Crippen molar-refractivity contribution >= 4 is 27.3 Å². The van der Waals surface area contributed by atoms with Gasteiger partial charge in [0.05, 0.1) is 20.6 Å². The first kappa shape index (κ1) is 18.2. The normalized spacial score (nSPS) is 11.1. The van der Waals surface area contributed by atoms with E-state index in [1.807, 2.05) is 17.1 Å². The van der Waals surface area contributed by atoms with Gasteiger partial charge in [0.15, 0.2) is 0 Å². The Hall–Kier alpha value is -2.17. The SMILES string of the molecule is COc1ccc(OC)c(S(=O)(=O)NNC(=O)Cc2nc(C)cs2)c1. The number of thiazole rings is 1. The fraction of sp³-hybridized carbons (Fsp3) is 0.286. The Balaban J connectivity index is 2.09. The first-order chi connectivity index (χ1) is 11.4. The van der Waals surface area contributed by atoms with Crippen molar-refractivity contribution < 1.29 is 22.7 Å². The average Bonchev–Trinajstić information content (AvgIpc) is 2.97. The zero-order valence-corrected chi connectivity index (χ0v) is 15.0. The van der Waals surface area contributed by atoms with E-state index in [-0.39, 0.29) is 17.1 Å². The maximum Gasteiger partial charge on any atom is 0.261 e. The van der Waals surface area contributed by atoms with E-state index >= 15 is 0 Å². The number of sulfonamides is 1. The molecule has 2 rings (SSSR count). The minimum absolute atomic E-state index is 0.0176. The molecule has 0 aliphatic rings. The molecule has 1 aromatic heterocycles. The van der Waals surface area contributed by atoms with Gasteiger partial charge in [0, 0.05) is 17.1 Å². The maximum absolute atomic E-state index is 12.4. The van der Waals surface area contributed by atoms with Crippen molar-refractivity contribution in [2.24, 2.45) is 0 Å². The van der Waals surface area contributed by atoms with Gasteiger partial charge in [-0.15, -0.1) is 16.2 Å². The van der Waals surface area contributed by atoms with Gasteiger partial charge in [-0.3, -0.25) is 10.2 Å². The number of hydrogen-bond acceptors (Lipinski definition) is 7. The smallest absolute Gasteiger partial charge is 0.261 e. The minimum Gasteiger partial charge on any atom is -0.497 e. The molecular weight excluding hydrogens is 354 g/mol. The summed E-state index contributed by atoms with van der Waals surface area (Å²) >= 11 is 1.33. The van der Waals surface area contributed by atoms with Gasteiger partial charge in [-0.2, -0.15) is 0 Å². The van der Waals surface area contributed by atoms with Gasteiger partial charge in [0.25, 0.3) is 10.0 Å². The molecule has 0 aliphatic carbocycles. The third-order valence-electron chi connectivity index (χ3n) is 2.96. The van der Waals surface area contributed by atoms with Crippen LogP contribution in [0.3, 0.4) is 0 Å². The fourth-order valence-corrected chi connectivity index (χ4v) is 3.65. The predicted molar refractivity (Wildman–Crippen MR) is 88.6 cm³/mol. The summed E-state index contributed by atoms with van der Waals surface area (Å²) in [6, 6.07) is 4.34. The van der Waals surface area contributed by atoms with Crippen LogP contribution in [0.15, 0.2) is 28.5 Å². The van der Waals surface area contributed by atoms with Gasteiger partial charge in [0.1, 0.15) is 21.4 Å². The Morgan fingerprint density at radius 1 is 1.29 bits per heavy atom. The van der Waals surface area contributed by atoms with E-state index in [4.69, 9.17) is 9.47 Å². The maximum atomic E-state index is 12.4. The molecule has 0 fully saturated rings. The monoisotopic (exact) mass is 371 g/mol. The van der Waals surface area contributed by atoms with E-state index in [1.54, 1.807) is 6.07 Å². The first-order valence-electron chi connectivity index (χ1n) is 6.79. The second-order valence-corrected chi connectivity index (χ2v) is 7.32. The largest absolute Gasteiger partial charge is 0.497 e. The van der Waals surface area contributed by atoms with Crippen LogP contribution in [0, 0.1) is 6.92 Å². The number of methoxy groups -OCH3 is 2. The van der Waals surface area contributed by atoms with Crippen LogP contribution in [0.2, 0.25) is 0 Å². The molecule has 0 spiro atoms. The number of carbonyl (C=O) groups excluding carboxylic acids is 1. The van der Waals surface area contributed by atoms with Crippen molar-refractivity contribution in [1.29, 1.82) is 0 Å². The van der Waals surface area contributed by atoms with E-state index in [0.717, 1.165) is 5.69 Å². The van der Waals surface area contributed by atoms with Gasteiger partial charge < -0.3 is 9.47 Å². The highest BCUT2D eigenvalue weighted by Gasteiger charge is 2.21. The molecule has 10 heteroatoms. The molecule has 0 saturated carbocycles. The van der Waals surface area contributed by atoms with Crippen molar-refractivity contribution in [3.05, 3.63) is 34.3 Å². The van der Waals surface area contributed by atoms with Crippen LogP contribution in [0.25, 0.3) is 0 Å². The molecule has 2 aromatic rings. The number of rotatable bonds is 7. The molecule has 1 heterocycles. The van der Waals surface area contributed by atoms with E-state index in [2.05, 4.69) is 10.4 Å². The summed E-state index contributed by atoms with van der Waals surface area (Å²) in [5.41, 5.74) is 2.97. The van der Waals surface area contributed by atoms with Crippen LogP contribution in [0.1, 0.15) is 10.7 Å². The van der Waals surface area contributed by atoms with E-state index in [1.165, 1.54) is 37.7 Å². The Bertz CT molecular complexity index is 833. The zero-order valence-electron chi connectivity index (χ0n) is 13.3. The highest BCUT2D eigenvalue weighted by molar-refractivity contribution is 7.89. The molecule has 0 bridgehead atoms. The number of aryl methyl sites for hydroxylation is 1. The number of ether oxygens (including phenoxy) is 2. The topological polar surface area (TPSA) is 107 Å². The summed E-state index contributed by atoms with van der Waals surface area (Å²) in [5, 5.41) is 2.41. The van der Waals surface area contributed by atoms with Crippen molar-refractivity contribution in [2.45, 2.75) is 18.2 Å². The number of hydrogen-bond donors (Lipinski definition) is 2. The van der Waals surface area contributed by atoms with Gasteiger partial charge in [0.2, 0.25) is 5.91 Å². The average molecular weight is 371 g/mol. The molecule has 1 amide bonds. The summed E-state index contributed by atoms with van der Waals surface area (Å²) in [7, 11) is -1.25. The minimum atomic E-state index is -4.02. The van der Waals surface area contributed by atoms with E-state index < -0.39 is 15.9 Å². The molecule has 130 valence electrons. The summed E-state index contributed by atoms with van der Waals surface area (Å²) < 4.78 is 34.8. The number of nitrogens with one attached hydrogen (secondary N) is 2. The highest BCUT2D eigenvalue weighted by Crippen LogP contribution is 2.27.